The highest BCUT2D eigenvalue weighted by Gasteiger charge is 2.16. The Hall–Kier alpha value is -2.87. The van der Waals surface area contributed by atoms with Gasteiger partial charge in [0.1, 0.15) is 6.10 Å². The Morgan fingerprint density at radius 1 is 0.793 bits per heavy atom. The number of carbonyl (C=O) groups excluding carboxylic acids is 1. The number of hydrogen-bond donors (Lipinski definition) is 0. The van der Waals surface area contributed by atoms with E-state index in [1.165, 1.54) is 30.4 Å². The van der Waals surface area contributed by atoms with Crippen molar-refractivity contribution in [1.82, 2.24) is 0 Å². The van der Waals surface area contributed by atoms with E-state index in [0.29, 0.717) is 5.56 Å². The van der Waals surface area contributed by atoms with Gasteiger partial charge in [-0.25, -0.2) is 4.79 Å². The average Bonchev–Trinajstić information content (AvgIpc) is 2.78. The predicted octanol–water partition coefficient (Wildman–Crippen LogP) is 7.39. The maximum absolute atomic E-state index is 12.6. The number of carbonyl (C=O) groups is 1. The van der Waals surface area contributed by atoms with Gasteiger partial charge in [-0.3, -0.25) is 0 Å². The largest absolute Gasteiger partial charge is 0.454 e. The van der Waals surface area contributed by atoms with Crippen molar-refractivity contribution >= 4 is 5.97 Å². The van der Waals surface area contributed by atoms with Gasteiger partial charge in [0.15, 0.2) is 0 Å². The van der Waals surface area contributed by atoms with Gasteiger partial charge >= 0.3 is 5.97 Å². The average molecular weight is 387 g/mol. The van der Waals surface area contributed by atoms with Crippen LogP contribution in [0.4, 0.5) is 0 Å². The molecule has 0 amide bonds. The highest BCUT2D eigenvalue weighted by atomic mass is 16.5. The van der Waals surface area contributed by atoms with Gasteiger partial charge in [-0.2, -0.15) is 0 Å². The minimum atomic E-state index is -0.279. The van der Waals surface area contributed by atoms with Gasteiger partial charge in [-0.05, 0) is 53.6 Å². The fourth-order valence-corrected chi connectivity index (χ4v) is 3.49. The van der Waals surface area contributed by atoms with Crippen LogP contribution < -0.4 is 0 Å². The molecular formula is C27H30O2. The molecule has 0 aliphatic heterocycles. The second kappa shape index (κ2) is 10.6. The SMILES string of the molecule is CCCCCc1ccc(-c2ccc(C(=O)OC(CC)c3ccccc3)cc2)cc1. The molecule has 3 aromatic carbocycles. The number of hydrogen-bond acceptors (Lipinski definition) is 2. The summed E-state index contributed by atoms with van der Waals surface area (Å²) in [6.45, 7) is 4.26. The van der Waals surface area contributed by atoms with E-state index in [4.69, 9.17) is 4.74 Å². The summed E-state index contributed by atoms with van der Waals surface area (Å²) in [4.78, 5) is 12.6. The normalized spacial score (nSPS) is 11.8. The third-order valence-corrected chi connectivity index (χ3v) is 5.27. The Morgan fingerprint density at radius 3 is 2.00 bits per heavy atom. The van der Waals surface area contributed by atoms with Crippen molar-refractivity contribution in [2.75, 3.05) is 0 Å². The predicted molar refractivity (Wildman–Crippen MR) is 120 cm³/mol. The molecule has 0 saturated carbocycles. The molecule has 0 aromatic heterocycles. The summed E-state index contributed by atoms with van der Waals surface area (Å²) < 4.78 is 5.74. The number of benzene rings is 3. The standard InChI is InChI=1S/C27H30O2/c1-3-5-7-10-21-13-15-22(16-14-21)23-17-19-25(20-18-23)27(28)29-26(4-2)24-11-8-6-9-12-24/h6,8-9,11-20,26H,3-5,7,10H2,1-2H3. The van der Waals surface area contributed by atoms with Crippen LogP contribution in [0.5, 0.6) is 0 Å². The number of rotatable bonds is 9. The molecule has 1 atom stereocenters. The molecule has 0 heterocycles. The quantitative estimate of drug-likeness (QED) is 0.283. The zero-order valence-corrected chi connectivity index (χ0v) is 17.4. The van der Waals surface area contributed by atoms with Crippen molar-refractivity contribution in [1.29, 1.82) is 0 Å². The molecule has 2 nitrogen and oxygen atoms in total. The molecule has 29 heavy (non-hydrogen) atoms. The van der Waals surface area contributed by atoms with Crippen LogP contribution in [0.2, 0.25) is 0 Å². The van der Waals surface area contributed by atoms with E-state index in [1.54, 1.807) is 0 Å². The maximum atomic E-state index is 12.6. The fraction of sp³-hybridized carbons (Fsp3) is 0.296. The molecular weight excluding hydrogens is 356 g/mol. The number of aryl methyl sites for hydroxylation is 1. The van der Waals surface area contributed by atoms with Crippen LogP contribution in [0.1, 0.15) is 67.1 Å². The monoisotopic (exact) mass is 386 g/mol. The van der Waals surface area contributed by atoms with Crippen LogP contribution in [0.15, 0.2) is 78.9 Å². The summed E-state index contributed by atoms with van der Waals surface area (Å²) in [7, 11) is 0. The third kappa shape index (κ3) is 5.80. The topological polar surface area (TPSA) is 26.3 Å². The van der Waals surface area contributed by atoms with Crippen molar-refractivity contribution in [2.45, 2.75) is 52.1 Å². The van der Waals surface area contributed by atoms with Gasteiger partial charge in [0.05, 0.1) is 5.56 Å². The first kappa shape index (κ1) is 20.9. The van der Waals surface area contributed by atoms with Gasteiger partial charge in [0.2, 0.25) is 0 Å². The molecule has 0 bridgehead atoms. The molecule has 150 valence electrons. The first-order valence-electron chi connectivity index (χ1n) is 10.7. The number of esters is 1. The van der Waals surface area contributed by atoms with Gasteiger partial charge in [0.25, 0.3) is 0 Å². The van der Waals surface area contributed by atoms with Crippen LogP contribution in [0.25, 0.3) is 11.1 Å². The summed E-state index contributed by atoms with van der Waals surface area (Å²) in [6, 6.07) is 26.3. The molecule has 2 heteroatoms. The molecule has 0 fully saturated rings. The smallest absolute Gasteiger partial charge is 0.338 e. The van der Waals surface area contributed by atoms with E-state index >= 15 is 0 Å². The zero-order chi connectivity index (χ0) is 20.5. The van der Waals surface area contributed by atoms with Crippen LogP contribution in [-0.4, -0.2) is 5.97 Å². The van der Waals surface area contributed by atoms with Gasteiger partial charge in [-0.1, -0.05) is 93.4 Å². The lowest BCUT2D eigenvalue weighted by Crippen LogP contribution is -2.11. The lowest BCUT2D eigenvalue weighted by molar-refractivity contribution is 0.0288. The highest BCUT2D eigenvalue weighted by molar-refractivity contribution is 5.90. The second-order valence-corrected chi connectivity index (χ2v) is 7.44. The minimum absolute atomic E-state index is 0.219. The number of ether oxygens (including phenoxy) is 1. The molecule has 1 unspecified atom stereocenters. The Balaban J connectivity index is 1.64. The zero-order valence-electron chi connectivity index (χ0n) is 17.4. The van der Waals surface area contributed by atoms with Crippen LogP contribution >= 0.6 is 0 Å². The van der Waals surface area contributed by atoms with Crippen molar-refractivity contribution in [3.63, 3.8) is 0 Å². The molecule has 0 N–H and O–H groups in total. The Labute approximate surface area is 174 Å². The molecule has 0 spiro atoms. The van der Waals surface area contributed by atoms with E-state index in [-0.39, 0.29) is 12.1 Å². The third-order valence-electron chi connectivity index (χ3n) is 5.27. The summed E-state index contributed by atoms with van der Waals surface area (Å²) in [5, 5.41) is 0. The molecule has 0 radical (unpaired) electrons. The van der Waals surface area contributed by atoms with E-state index < -0.39 is 0 Å². The summed E-state index contributed by atoms with van der Waals surface area (Å²) in [5.41, 5.74) is 5.27. The van der Waals surface area contributed by atoms with Crippen LogP contribution in [-0.2, 0) is 11.2 Å². The number of unbranched alkanes of at least 4 members (excludes halogenated alkanes) is 2. The van der Waals surface area contributed by atoms with E-state index in [1.807, 2.05) is 61.5 Å². The lowest BCUT2D eigenvalue weighted by atomic mass is 10.0. The Kier molecular flexibility index (Phi) is 7.63. The summed E-state index contributed by atoms with van der Waals surface area (Å²) in [6.07, 6.45) is 5.44. The summed E-state index contributed by atoms with van der Waals surface area (Å²) in [5.74, 6) is -0.279. The van der Waals surface area contributed by atoms with Crippen LogP contribution in [0.3, 0.4) is 0 Å². The van der Waals surface area contributed by atoms with E-state index in [0.717, 1.165) is 24.0 Å². The van der Waals surface area contributed by atoms with Crippen molar-refractivity contribution < 1.29 is 9.53 Å². The van der Waals surface area contributed by atoms with Gasteiger partial charge in [-0.15, -0.1) is 0 Å². The molecule has 0 aliphatic rings. The Bertz CT molecular complexity index is 880. The minimum Gasteiger partial charge on any atom is -0.454 e. The Morgan fingerprint density at radius 2 is 1.41 bits per heavy atom. The van der Waals surface area contributed by atoms with Crippen molar-refractivity contribution in [3.8, 4) is 11.1 Å². The van der Waals surface area contributed by atoms with Gasteiger partial charge < -0.3 is 4.74 Å². The molecule has 0 saturated heterocycles. The summed E-state index contributed by atoms with van der Waals surface area (Å²) >= 11 is 0. The lowest BCUT2D eigenvalue weighted by Gasteiger charge is -2.16. The molecule has 3 aromatic rings. The molecule has 3 rings (SSSR count). The van der Waals surface area contributed by atoms with E-state index in [9.17, 15) is 4.79 Å². The fourth-order valence-electron chi connectivity index (χ4n) is 3.49. The first-order chi connectivity index (χ1) is 14.2. The van der Waals surface area contributed by atoms with E-state index in [2.05, 4.69) is 31.2 Å². The first-order valence-corrected chi connectivity index (χ1v) is 10.7. The second-order valence-electron chi connectivity index (χ2n) is 7.44. The highest BCUT2D eigenvalue weighted by Crippen LogP contribution is 2.24. The van der Waals surface area contributed by atoms with Crippen molar-refractivity contribution in [2.24, 2.45) is 0 Å². The maximum Gasteiger partial charge on any atom is 0.338 e. The van der Waals surface area contributed by atoms with Gasteiger partial charge in [0, 0.05) is 0 Å². The van der Waals surface area contributed by atoms with Crippen molar-refractivity contribution in [3.05, 3.63) is 95.6 Å². The molecule has 0 aliphatic carbocycles. The van der Waals surface area contributed by atoms with Crippen LogP contribution in [0, 0.1) is 0 Å².